The van der Waals surface area contributed by atoms with Crippen LogP contribution in [-0.4, -0.2) is 13.2 Å². The summed E-state index contributed by atoms with van der Waals surface area (Å²) in [5.74, 6) is 0.346. The van der Waals surface area contributed by atoms with Crippen molar-refractivity contribution in [2.75, 3.05) is 7.11 Å². The first kappa shape index (κ1) is 12.9. The summed E-state index contributed by atoms with van der Waals surface area (Å²) in [4.78, 5) is 0. The first-order chi connectivity index (χ1) is 9.79. The molecule has 0 saturated carbocycles. The minimum atomic E-state index is -0.237. The highest BCUT2D eigenvalue weighted by Crippen LogP contribution is 2.32. The molecule has 1 unspecified atom stereocenters. The molecule has 0 fully saturated rings. The maximum atomic E-state index is 13.8. The first-order valence-electron chi connectivity index (χ1n) is 6.61. The summed E-state index contributed by atoms with van der Waals surface area (Å²) >= 11 is 0. The van der Waals surface area contributed by atoms with E-state index in [0.29, 0.717) is 17.9 Å². The third-order valence-electron chi connectivity index (χ3n) is 3.47. The fourth-order valence-corrected chi connectivity index (χ4v) is 2.32. The Hall–Kier alpha value is -2.13. The molecule has 1 N–H and O–H groups in total. The molecule has 1 aliphatic rings. The zero-order chi connectivity index (χ0) is 13.9. The second kappa shape index (κ2) is 5.47. The second-order valence-corrected chi connectivity index (χ2v) is 4.77. The fraction of sp³-hybridized carbons (Fsp3) is 0.176. The van der Waals surface area contributed by atoms with Crippen LogP contribution >= 0.6 is 0 Å². The number of benzene rings is 2. The molecule has 1 aliphatic carbocycles. The molecule has 0 bridgehead atoms. The van der Waals surface area contributed by atoms with Crippen molar-refractivity contribution in [2.45, 2.75) is 12.6 Å². The topological polar surface area (TPSA) is 21.3 Å². The zero-order valence-corrected chi connectivity index (χ0v) is 11.3. The van der Waals surface area contributed by atoms with E-state index in [0.717, 1.165) is 0 Å². The Balaban J connectivity index is 1.63. The fourth-order valence-electron chi connectivity index (χ4n) is 2.32. The van der Waals surface area contributed by atoms with Gasteiger partial charge < -0.3 is 10.1 Å². The lowest BCUT2D eigenvalue weighted by molar-refractivity contribution is 0.402. The van der Waals surface area contributed by atoms with Gasteiger partial charge in [0.25, 0.3) is 0 Å². The van der Waals surface area contributed by atoms with E-state index in [2.05, 4.69) is 23.5 Å². The molecule has 1 atom stereocenters. The van der Waals surface area contributed by atoms with Crippen LogP contribution in [0.25, 0.3) is 5.57 Å². The number of ether oxygens (including phenoxy) is 1. The molecule has 3 heteroatoms. The molecule has 2 aromatic rings. The number of halogens is 1. The lowest BCUT2D eigenvalue weighted by Gasteiger charge is -2.10. The highest BCUT2D eigenvalue weighted by Gasteiger charge is 2.25. The number of hydrogen-bond acceptors (Lipinski definition) is 2. The molecule has 3 rings (SSSR count). The van der Waals surface area contributed by atoms with Gasteiger partial charge in [0, 0.05) is 12.1 Å². The molecule has 20 heavy (non-hydrogen) atoms. The van der Waals surface area contributed by atoms with Crippen molar-refractivity contribution in [1.29, 1.82) is 0 Å². The van der Waals surface area contributed by atoms with Crippen LogP contribution in [0.4, 0.5) is 4.39 Å². The smallest absolute Gasteiger partial charge is 0.131 e. The zero-order valence-electron chi connectivity index (χ0n) is 11.3. The van der Waals surface area contributed by atoms with Gasteiger partial charge in [0.1, 0.15) is 11.6 Å². The minimum Gasteiger partial charge on any atom is -0.496 e. The minimum absolute atomic E-state index is 0.224. The Morgan fingerprint density at radius 2 is 1.90 bits per heavy atom. The predicted octanol–water partition coefficient (Wildman–Crippen LogP) is 3.39. The molecular weight excluding hydrogens is 253 g/mol. The molecule has 2 nitrogen and oxygen atoms in total. The number of hydrogen-bond donors (Lipinski definition) is 1. The van der Waals surface area contributed by atoms with Gasteiger partial charge in [-0.2, -0.15) is 0 Å². The standard InChI is InChI=1S/C17H16FNO/c1-20-17-9-5-8-15(18)14(17)11-19-16-10-13(16)12-6-3-2-4-7-12/h2-10,16,19H,11H2,1H3. The molecule has 0 amide bonds. The quantitative estimate of drug-likeness (QED) is 0.898. The lowest BCUT2D eigenvalue weighted by atomic mass is 10.1. The molecule has 0 radical (unpaired) electrons. The maximum absolute atomic E-state index is 13.8. The van der Waals surface area contributed by atoms with Gasteiger partial charge in [-0.1, -0.05) is 42.5 Å². The van der Waals surface area contributed by atoms with Gasteiger partial charge in [-0.25, -0.2) is 4.39 Å². The molecule has 0 saturated heterocycles. The van der Waals surface area contributed by atoms with E-state index in [9.17, 15) is 4.39 Å². The Labute approximate surface area is 117 Å². The SMILES string of the molecule is COc1cccc(F)c1CNC1C=C1c1ccccc1. The molecular formula is C17H16FNO. The van der Waals surface area contributed by atoms with Gasteiger partial charge in [-0.15, -0.1) is 0 Å². The Morgan fingerprint density at radius 1 is 1.10 bits per heavy atom. The van der Waals surface area contributed by atoms with Gasteiger partial charge in [0.15, 0.2) is 0 Å². The summed E-state index contributed by atoms with van der Waals surface area (Å²) in [5.41, 5.74) is 3.05. The van der Waals surface area contributed by atoms with Crippen LogP contribution in [0.3, 0.4) is 0 Å². The van der Waals surface area contributed by atoms with Crippen molar-refractivity contribution in [2.24, 2.45) is 0 Å². The largest absolute Gasteiger partial charge is 0.496 e. The van der Waals surface area contributed by atoms with Gasteiger partial charge in [0.05, 0.1) is 13.2 Å². The number of nitrogens with one attached hydrogen (secondary N) is 1. The summed E-state index contributed by atoms with van der Waals surface area (Å²) in [6.45, 7) is 0.452. The highest BCUT2D eigenvalue weighted by atomic mass is 19.1. The third-order valence-corrected chi connectivity index (χ3v) is 3.47. The lowest BCUT2D eigenvalue weighted by Crippen LogP contribution is -2.19. The molecule has 0 aliphatic heterocycles. The summed E-state index contributed by atoms with van der Waals surface area (Å²) in [7, 11) is 1.56. The molecule has 0 aromatic heterocycles. The van der Waals surface area contributed by atoms with E-state index in [4.69, 9.17) is 4.74 Å². The van der Waals surface area contributed by atoms with Crippen LogP contribution in [0.5, 0.6) is 5.75 Å². The van der Waals surface area contributed by atoms with Crippen molar-refractivity contribution in [3.8, 4) is 5.75 Å². The van der Waals surface area contributed by atoms with E-state index < -0.39 is 0 Å². The van der Waals surface area contributed by atoms with E-state index in [1.165, 1.54) is 17.2 Å². The molecule has 0 heterocycles. The average molecular weight is 269 g/mol. The van der Waals surface area contributed by atoms with Crippen molar-refractivity contribution >= 4 is 5.57 Å². The molecule has 0 spiro atoms. The van der Waals surface area contributed by atoms with E-state index in [-0.39, 0.29) is 11.9 Å². The van der Waals surface area contributed by atoms with Gasteiger partial charge in [0.2, 0.25) is 0 Å². The van der Waals surface area contributed by atoms with Crippen molar-refractivity contribution in [3.05, 3.63) is 71.6 Å². The second-order valence-electron chi connectivity index (χ2n) is 4.77. The summed E-state index contributed by atoms with van der Waals surface area (Å²) in [6.07, 6.45) is 2.14. The van der Waals surface area contributed by atoms with Gasteiger partial charge in [-0.05, 0) is 23.3 Å². The Kier molecular flexibility index (Phi) is 3.52. The highest BCUT2D eigenvalue weighted by molar-refractivity contribution is 5.83. The van der Waals surface area contributed by atoms with E-state index in [1.807, 2.05) is 18.2 Å². The third kappa shape index (κ3) is 2.58. The number of methoxy groups -OCH3 is 1. The van der Waals surface area contributed by atoms with Crippen LogP contribution in [0.15, 0.2) is 54.6 Å². The normalized spacial score (nSPS) is 16.7. The Morgan fingerprint density at radius 3 is 2.65 bits per heavy atom. The average Bonchev–Trinajstić information content (AvgIpc) is 3.26. The Bertz CT molecular complexity index is 637. The van der Waals surface area contributed by atoms with Crippen LogP contribution in [0.1, 0.15) is 11.1 Å². The molecule has 102 valence electrons. The number of rotatable bonds is 5. The van der Waals surface area contributed by atoms with E-state index >= 15 is 0 Å². The van der Waals surface area contributed by atoms with Gasteiger partial charge >= 0.3 is 0 Å². The van der Waals surface area contributed by atoms with E-state index in [1.54, 1.807) is 19.2 Å². The van der Waals surface area contributed by atoms with Crippen LogP contribution in [-0.2, 0) is 6.54 Å². The van der Waals surface area contributed by atoms with Crippen molar-refractivity contribution in [1.82, 2.24) is 5.32 Å². The predicted molar refractivity (Wildman–Crippen MR) is 78.0 cm³/mol. The maximum Gasteiger partial charge on any atom is 0.131 e. The summed E-state index contributed by atoms with van der Waals surface area (Å²) in [5, 5.41) is 3.32. The monoisotopic (exact) mass is 269 g/mol. The van der Waals surface area contributed by atoms with Crippen LogP contribution in [0, 0.1) is 5.82 Å². The van der Waals surface area contributed by atoms with Gasteiger partial charge in [-0.3, -0.25) is 0 Å². The molecule has 2 aromatic carbocycles. The first-order valence-corrected chi connectivity index (χ1v) is 6.61. The van der Waals surface area contributed by atoms with Crippen LogP contribution in [0.2, 0.25) is 0 Å². The van der Waals surface area contributed by atoms with Crippen molar-refractivity contribution in [3.63, 3.8) is 0 Å². The van der Waals surface area contributed by atoms with Crippen molar-refractivity contribution < 1.29 is 9.13 Å². The van der Waals surface area contributed by atoms with Crippen LogP contribution < -0.4 is 10.1 Å². The summed E-state index contributed by atoms with van der Waals surface area (Å²) < 4.78 is 19.0. The summed E-state index contributed by atoms with van der Waals surface area (Å²) in [6, 6.07) is 15.3.